The van der Waals surface area contributed by atoms with E-state index in [4.69, 9.17) is 9.29 Å². The Balaban J connectivity index is 1.04. The number of unbranched alkanes of at least 4 members (excludes halogenated alkanes) is 8. The van der Waals surface area contributed by atoms with Gasteiger partial charge in [-0.3, -0.25) is 14.1 Å². The van der Waals surface area contributed by atoms with Crippen LogP contribution in [0.1, 0.15) is 188 Å². The lowest BCUT2D eigenvalue weighted by atomic mass is 9.44. The molecule has 2 N–H and O–H groups in total. The highest BCUT2D eigenvalue weighted by molar-refractivity contribution is 7.85. The molecule has 1 amide bonds. The van der Waals surface area contributed by atoms with Gasteiger partial charge >= 0.3 is 5.97 Å². The summed E-state index contributed by atoms with van der Waals surface area (Å²) in [5, 5.41) is 2.66. The normalized spacial score (nSPS) is 30.5. The Morgan fingerprint density at radius 2 is 1.34 bits per heavy atom. The number of amides is 1. The molecule has 0 aliphatic heterocycles. The number of nitrogens with one attached hydrogen (secondary N) is 1. The van der Waals surface area contributed by atoms with Crippen molar-refractivity contribution in [2.45, 2.75) is 194 Å². The van der Waals surface area contributed by atoms with Crippen molar-refractivity contribution < 1.29 is 27.3 Å². The van der Waals surface area contributed by atoms with Gasteiger partial charge in [0, 0.05) is 19.4 Å². The molecule has 0 aromatic carbocycles. The molecule has 4 aliphatic rings. The molecule has 330 valence electrons. The maximum Gasteiger partial charge on any atom is 0.306 e. The predicted octanol–water partition coefficient (Wildman–Crippen LogP) is 12.7. The van der Waals surface area contributed by atoms with E-state index in [9.17, 15) is 18.0 Å². The lowest BCUT2D eigenvalue weighted by Crippen LogP contribution is -2.54. The third-order valence-electron chi connectivity index (χ3n) is 15.4. The zero-order chi connectivity index (χ0) is 41.9. The van der Waals surface area contributed by atoms with Crippen LogP contribution in [0, 0.1) is 46.3 Å². The van der Waals surface area contributed by atoms with E-state index in [1.54, 1.807) is 0 Å². The van der Waals surface area contributed by atoms with Crippen LogP contribution in [-0.2, 0) is 24.4 Å². The largest absolute Gasteiger partial charge is 0.462 e. The Labute approximate surface area is 354 Å². The van der Waals surface area contributed by atoms with Crippen molar-refractivity contribution in [1.29, 1.82) is 0 Å². The first-order valence-corrected chi connectivity index (χ1v) is 25.5. The van der Waals surface area contributed by atoms with Crippen LogP contribution in [0.15, 0.2) is 48.6 Å². The third kappa shape index (κ3) is 15.4. The molecule has 8 heteroatoms. The van der Waals surface area contributed by atoms with E-state index in [1.807, 2.05) is 0 Å². The van der Waals surface area contributed by atoms with Crippen LogP contribution < -0.4 is 5.32 Å². The minimum Gasteiger partial charge on any atom is -0.462 e. The van der Waals surface area contributed by atoms with Gasteiger partial charge in [0.2, 0.25) is 5.91 Å². The maximum absolute atomic E-state index is 12.9. The van der Waals surface area contributed by atoms with Gasteiger partial charge in [-0.25, -0.2) is 0 Å². The van der Waals surface area contributed by atoms with Gasteiger partial charge in [0.15, 0.2) is 0 Å². The zero-order valence-corrected chi connectivity index (χ0v) is 38.0. The summed E-state index contributed by atoms with van der Waals surface area (Å²) in [7, 11) is -4.07. The third-order valence-corrected chi connectivity index (χ3v) is 16.1. The maximum atomic E-state index is 12.9. The molecule has 0 aromatic heterocycles. The lowest BCUT2D eigenvalue weighted by Gasteiger charge is -2.61. The van der Waals surface area contributed by atoms with E-state index < -0.39 is 15.9 Å². The summed E-state index contributed by atoms with van der Waals surface area (Å²) in [6, 6.07) is 0. The Bertz CT molecular complexity index is 1470. The first-order chi connectivity index (χ1) is 27.9. The van der Waals surface area contributed by atoms with Crippen molar-refractivity contribution >= 4 is 22.0 Å². The van der Waals surface area contributed by atoms with Crippen molar-refractivity contribution in [2.75, 3.05) is 12.3 Å². The van der Waals surface area contributed by atoms with Crippen LogP contribution in [0.3, 0.4) is 0 Å². The first-order valence-electron chi connectivity index (χ1n) is 23.9. The molecule has 9 unspecified atom stereocenters. The SMILES string of the molecule is CC/C=C\C/C=C\C/C=C\C/C=C\CCCCCCCCCCC(=O)OC1CCC2(C)C(CCC3C2CCC2(C)C(C(C)CCC(=O)NCCS(=O)(=O)O)CCC32)C1. The molecule has 0 radical (unpaired) electrons. The van der Waals surface area contributed by atoms with Gasteiger partial charge in [-0.15, -0.1) is 0 Å². The van der Waals surface area contributed by atoms with Crippen molar-refractivity contribution in [1.82, 2.24) is 5.32 Å². The number of hydrogen-bond acceptors (Lipinski definition) is 5. The Morgan fingerprint density at radius 3 is 2.02 bits per heavy atom. The second-order valence-electron chi connectivity index (χ2n) is 19.3. The van der Waals surface area contributed by atoms with Crippen LogP contribution in [0.4, 0.5) is 0 Å². The summed E-state index contributed by atoms with van der Waals surface area (Å²) in [6.45, 7) is 9.57. The number of fused-ring (bicyclic) bond motifs is 5. The number of esters is 1. The highest BCUT2D eigenvalue weighted by Crippen LogP contribution is 2.68. The van der Waals surface area contributed by atoms with Gasteiger partial charge in [0.1, 0.15) is 6.10 Å². The molecule has 0 bridgehead atoms. The summed E-state index contributed by atoms with van der Waals surface area (Å²) < 4.78 is 37.1. The molecule has 0 spiro atoms. The number of carbonyl (C=O) groups excluding carboxylic acids is 2. The first kappa shape index (κ1) is 48.5. The fourth-order valence-corrected chi connectivity index (χ4v) is 12.6. The highest BCUT2D eigenvalue weighted by atomic mass is 32.2. The number of hydrogen-bond donors (Lipinski definition) is 2. The van der Waals surface area contributed by atoms with Crippen LogP contribution >= 0.6 is 0 Å². The van der Waals surface area contributed by atoms with Gasteiger partial charge < -0.3 is 10.1 Å². The second kappa shape index (κ2) is 24.9. The fraction of sp³-hybridized carbons (Fsp3) is 0.800. The highest BCUT2D eigenvalue weighted by Gasteiger charge is 2.60. The van der Waals surface area contributed by atoms with E-state index in [0.717, 1.165) is 75.5 Å². The summed E-state index contributed by atoms with van der Waals surface area (Å²) in [5.74, 6) is 3.43. The summed E-state index contributed by atoms with van der Waals surface area (Å²) in [4.78, 5) is 25.3. The minimum atomic E-state index is -4.07. The van der Waals surface area contributed by atoms with E-state index in [0.29, 0.717) is 41.4 Å². The van der Waals surface area contributed by atoms with E-state index >= 15 is 0 Å². The predicted molar refractivity (Wildman–Crippen MR) is 240 cm³/mol. The van der Waals surface area contributed by atoms with E-state index in [1.165, 1.54) is 89.9 Å². The fourth-order valence-electron chi connectivity index (χ4n) is 12.2. The lowest BCUT2D eigenvalue weighted by molar-refractivity contribution is -0.162. The average Bonchev–Trinajstić information content (AvgIpc) is 3.54. The van der Waals surface area contributed by atoms with Gasteiger partial charge in [0.25, 0.3) is 10.1 Å². The second-order valence-corrected chi connectivity index (χ2v) is 20.9. The molecule has 4 aliphatic carbocycles. The number of ether oxygens (including phenoxy) is 1. The molecule has 58 heavy (non-hydrogen) atoms. The molecular formula is C50H83NO6S. The van der Waals surface area contributed by atoms with Crippen molar-refractivity contribution in [3.8, 4) is 0 Å². The van der Waals surface area contributed by atoms with E-state index in [2.05, 4.69) is 81.6 Å². The quantitative estimate of drug-likeness (QED) is 0.0389. The molecule has 4 rings (SSSR count). The van der Waals surface area contributed by atoms with Crippen LogP contribution in [0.25, 0.3) is 0 Å². The van der Waals surface area contributed by atoms with Gasteiger partial charge in [-0.2, -0.15) is 8.42 Å². The standard InChI is InChI=1S/C50H83NO6S/c1-5-6-7-8-9-10-11-12-13-14-15-16-17-18-19-20-21-22-23-24-25-26-48(53)57-42-33-35-49(3)41(39-42)28-29-43-45-31-30-44(50(45,4)36-34-46(43)49)40(2)27-32-47(52)51-37-38-58(54,55)56/h6-7,9-10,12-13,15-16,40-46H,5,8,11,14,17-39H2,1-4H3,(H,51,52)(H,54,55,56)/b7-6-,10-9-,13-12-,16-15-. The topological polar surface area (TPSA) is 110 Å². The van der Waals surface area contributed by atoms with Crippen LogP contribution in [-0.4, -0.2) is 43.2 Å². The minimum absolute atomic E-state index is 0.0215. The molecule has 7 nitrogen and oxygen atoms in total. The number of rotatable bonds is 26. The van der Waals surface area contributed by atoms with Crippen molar-refractivity contribution in [3.63, 3.8) is 0 Å². The Kier molecular flexibility index (Phi) is 20.8. The molecule has 0 aromatic rings. The van der Waals surface area contributed by atoms with Gasteiger partial charge in [0.05, 0.1) is 5.75 Å². The molecule has 4 saturated carbocycles. The Hall–Kier alpha value is -2.19. The zero-order valence-electron chi connectivity index (χ0n) is 37.1. The summed E-state index contributed by atoms with van der Waals surface area (Å²) in [6.07, 6.45) is 46.0. The number of carbonyl (C=O) groups is 2. The molecular weight excluding hydrogens is 743 g/mol. The van der Waals surface area contributed by atoms with Gasteiger partial charge in [-0.05, 0) is 155 Å². The summed E-state index contributed by atoms with van der Waals surface area (Å²) >= 11 is 0. The van der Waals surface area contributed by atoms with E-state index in [-0.39, 0.29) is 24.5 Å². The molecule has 9 atom stereocenters. The molecule has 0 heterocycles. The molecule has 4 fully saturated rings. The van der Waals surface area contributed by atoms with Crippen LogP contribution in [0.2, 0.25) is 0 Å². The Morgan fingerprint density at radius 1 is 0.741 bits per heavy atom. The average molecular weight is 826 g/mol. The smallest absolute Gasteiger partial charge is 0.306 e. The van der Waals surface area contributed by atoms with Gasteiger partial charge in [-0.1, -0.05) is 115 Å². The van der Waals surface area contributed by atoms with Crippen molar-refractivity contribution in [2.24, 2.45) is 46.3 Å². The number of allylic oxidation sites excluding steroid dienone is 8. The van der Waals surface area contributed by atoms with Crippen molar-refractivity contribution in [3.05, 3.63) is 48.6 Å². The van der Waals surface area contributed by atoms with Crippen LogP contribution in [0.5, 0.6) is 0 Å². The monoisotopic (exact) mass is 826 g/mol. The summed E-state index contributed by atoms with van der Waals surface area (Å²) in [5.41, 5.74) is 0.658. The molecule has 0 saturated heterocycles.